The summed E-state index contributed by atoms with van der Waals surface area (Å²) in [4.78, 5) is 5.90. The van der Waals surface area contributed by atoms with E-state index in [4.69, 9.17) is 4.99 Å². The third-order valence-electron chi connectivity index (χ3n) is 4.59. The van der Waals surface area contributed by atoms with Crippen molar-refractivity contribution < 1.29 is 4.39 Å². The lowest BCUT2D eigenvalue weighted by atomic mass is 10.0. The van der Waals surface area contributed by atoms with Gasteiger partial charge in [-0.1, -0.05) is 71.9 Å². The van der Waals surface area contributed by atoms with Crippen LogP contribution < -0.4 is 0 Å². The average Bonchev–Trinajstić information content (AvgIpc) is 2.75. The second-order valence-electron chi connectivity index (χ2n) is 6.73. The molecule has 0 atom stereocenters. The third kappa shape index (κ3) is 4.82. The molecule has 0 unspecified atom stereocenters. The number of hydrogen-bond donors (Lipinski definition) is 0. The zero-order valence-electron chi connectivity index (χ0n) is 16.0. The van der Waals surface area contributed by atoms with Crippen LogP contribution in [-0.2, 0) is 0 Å². The van der Waals surface area contributed by atoms with Gasteiger partial charge in [-0.15, -0.1) is 0 Å². The number of fused-ring (bicyclic) bond motifs is 1. The third-order valence-corrected chi connectivity index (χ3v) is 5.41. The highest BCUT2D eigenvalue weighted by Crippen LogP contribution is 2.24. The Kier molecular flexibility index (Phi) is 5.87. The molecule has 0 heterocycles. The van der Waals surface area contributed by atoms with Crippen molar-refractivity contribution in [3.05, 3.63) is 119 Å². The molecule has 0 N–H and O–H groups in total. The molecular formula is C26H20FNS. The molecule has 0 amide bonds. The smallest absolute Gasteiger partial charge is 0.123 e. The van der Waals surface area contributed by atoms with Gasteiger partial charge in [0.25, 0.3) is 0 Å². The number of allylic oxidation sites excluding steroid dienone is 1. The highest BCUT2D eigenvalue weighted by molar-refractivity contribution is 8.02. The summed E-state index contributed by atoms with van der Waals surface area (Å²) < 4.78 is 13.1. The first-order chi connectivity index (χ1) is 14.2. The highest BCUT2D eigenvalue weighted by atomic mass is 32.2. The molecule has 0 spiro atoms. The van der Waals surface area contributed by atoms with Crippen LogP contribution in [0, 0.1) is 12.7 Å². The van der Waals surface area contributed by atoms with Crippen LogP contribution in [0.4, 0.5) is 10.1 Å². The van der Waals surface area contributed by atoms with Crippen molar-refractivity contribution in [2.45, 2.75) is 11.8 Å². The van der Waals surface area contributed by atoms with E-state index >= 15 is 0 Å². The summed E-state index contributed by atoms with van der Waals surface area (Å²) in [6, 6.07) is 29.3. The Bertz CT molecular complexity index is 1170. The fourth-order valence-electron chi connectivity index (χ4n) is 3.08. The summed E-state index contributed by atoms with van der Waals surface area (Å²) in [6.07, 6.45) is 2.02. The topological polar surface area (TPSA) is 12.4 Å². The van der Waals surface area contributed by atoms with Crippen LogP contribution in [-0.4, -0.2) is 5.71 Å². The number of aliphatic imine (C=N–C) groups is 1. The Morgan fingerprint density at radius 2 is 1.55 bits per heavy atom. The molecular weight excluding hydrogens is 377 g/mol. The summed E-state index contributed by atoms with van der Waals surface area (Å²) >= 11 is 1.54. The molecule has 4 rings (SSSR count). The minimum absolute atomic E-state index is 0.226. The van der Waals surface area contributed by atoms with Crippen LogP contribution in [0.15, 0.2) is 112 Å². The Labute approximate surface area is 174 Å². The van der Waals surface area contributed by atoms with Gasteiger partial charge >= 0.3 is 0 Å². The largest absolute Gasteiger partial charge is 0.248 e. The van der Waals surface area contributed by atoms with Crippen molar-refractivity contribution in [2.75, 3.05) is 0 Å². The van der Waals surface area contributed by atoms with Crippen LogP contribution in [0.5, 0.6) is 0 Å². The Hall–Kier alpha value is -3.17. The maximum Gasteiger partial charge on any atom is 0.123 e. The van der Waals surface area contributed by atoms with Crippen molar-refractivity contribution in [2.24, 2.45) is 4.99 Å². The van der Waals surface area contributed by atoms with Crippen molar-refractivity contribution >= 4 is 33.9 Å². The van der Waals surface area contributed by atoms with Crippen LogP contribution in [0.25, 0.3) is 10.8 Å². The number of nitrogens with zero attached hydrogens (tertiary/aromatic N) is 1. The second-order valence-corrected chi connectivity index (χ2v) is 7.71. The van der Waals surface area contributed by atoms with E-state index < -0.39 is 0 Å². The first-order valence-corrected chi connectivity index (χ1v) is 10.3. The van der Waals surface area contributed by atoms with E-state index in [1.807, 2.05) is 35.7 Å². The summed E-state index contributed by atoms with van der Waals surface area (Å²) in [6.45, 7) is 2.07. The predicted molar refractivity (Wildman–Crippen MR) is 123 cm³/mol. The first-order valence-electron chi connectivity index (χ1n) is 9.41. The van der Waals surface area contributed by atoms with Gasteiger partial charge in [0.2, 0.25) is 0 Å². The van der Waals surface area contributed by atoms with Gasteiger partial charge in [0.15, 0.2) is 0 Å². The molecule has 1 nitrogen and oxygen atoms in total. The zero-order chi connectivity index (χ0) is 20.1. The van der Waals surface area contributed by atoms with Crippen molar-refractivity contribution in [1.82, 2.24) is 0 Å². The lowest BCUT2D eigenvalue weighted by molar-refractivity contribution is 0.626. The molecule has 0 aliphatic carbocycles. The first kappa shape index (κ1) is 19.2. The van der Waals surface area contributed by atoms with Gasteiger partial charge < -0.3 is 0 Å². The number of rotatable bonds is 5. The van der Waals surface area contributed by atoms with Gasteiger partial charge in [0, 0.05) is 10.5 Å². The summed E-state index contributed by atoms with van der Waals surface area (Å²) in [5, 5.41) is 4.35. The molecule has 3 heteroatoms. The molecule has 0 aliphatic rings. The zero-order valence-corrected chi connectivity index (χ0v) is 16.9. The summed E-state index contributed by atoms with van der Waals surface area (Å²) in [7, 11) is 0. The molecule has 0 saturated heterocycles. The Morgan fingerprint density at radius 1 is 0.828 bits per heavy atom. The van der Waals surface area contributed by atoms with Crippen molar-refractivity contribution in [3.8, 4) is 0 Å². The predicted octanol–water partition coefficient (Wildman–Crippen LogP) is 7.71. The molecule has 0 aromatic heterocycles. The molecule has 0 bridgehead atoms. The van der Waals surface area contributed by atoms with Gasteiger partial charge in [-0.2, -0.15) is 0 Å². The Balaban J connectivity index is 1.73. The second kappa shape index (κ2) is 8.89. The maximum absolute atomic E-state index is 13.1. The van der Waals surface area contributed by atoms with Crippen molar-refractivity contribution in [3.63, 3.8) is 0 Å². The van der Waals surface area contributed by atoms with Crippen LogP contribution in [0.1, 0.15) is 11.1 Å². The lowest BCUT2D eigenvalue weighted by Gasteiger charge is -2.08. The molecule has 0 saturated carbocycles. The fourth-order valence-corrected chi connectivity index (χ4v) is 3.73. The summed E-state index contributed by atoms with van der Waals surface area (Å²) in [5.41, 5.74) is 4.09. The number of halogens is 1. The quantitative estimate of drug-likeness (QED) is 0.248. The molecule has 0 aliphatic heterocycles. The van der Waals surface area contributed by atoms with E-state index in [9.17, 15) is 4.39 Å². The monoisotopic (exact) mass is 397 g/mol. The van der Waals surface area contributed by atoms with Gasteiger partial charge in [-0.25, -0.2) is 9.38 Å². The number of thioether (sulfide) groups is 1. The highest BCUT2D eigenvalue weighted by Gasteiger charge is 2.06. The number of hydrogen-bond acceptors (Lipinski definition) is 2. The molecule has 0 fully saturated rings. The van der Waals surface area contributed by atoms with E-state index in [2.05, 4.69) is 49.4 Å². The van der Waals surface area contributed by atoms with Crippen LogP contribution in [0.2, 0.25) is 0 Å². The molecule has 142 valence electrons. The van der Waals surface area contributed by atoms with E-state index in [-0.39, 0.29) is 5.82 Å². The minimum atomic E-state index is -0.226. The molecule has 29 heavy (non-hydrogen) atoms. The fraction of sp³-hybridized carbons (Fsp3) is 0.0385. The molecule has 0 radical (unpaired) electrons. The Morgan fingerprint density at radius 3 is 2.34 bits per heavy atom. The van der Waals surface area contributed by atoms with Crippen LogP contribution in [0.3, 0.4) is 0 Å². The van der Waals surface area contributed by atoms with Crippen LogP contribution >= 0.6 is 11.8 Å². The van der Waals surface area contributed by atoms with Gasteiger partial charge in [-0.05, 0) is 65.6 Å². The average molecular weight is 398 g/mol. The van der Waals surface area contributed by atoms with E-state index in [1.165, 1.54) is 23.1 Å². The SMILES string of the molecule is Cc1ccc(N=C(/C=C/Sc2ccc(F)cc2)c2cccc3ccccc23)cc1. The van der Waals surface area contributed by atoms with Gasteiger partial charge in [0.1, 0.15) is 5.82 Å². The molecule has 4 aromatic carbocycles. The number of benzene rings is 4. The standard InChI is InChI=1S/C26H20FNS/c1-19-9-13-22(14-10-19)28-26(17-18-29-23-15-11-21(27)12-16-23)25-8-4-6-20-5-2-3-7-24(20)25/h2-18H,1H3/b18-17+,28-26?. The number of aryl methyl sites for hydroxylation is 1. The lowest BCUT2D eigenvalue weighted by Crippen LogP contribution is -1.97. The van der Waals surface area contributed by atoms with Gasteiger partial charge in [-0.3, -0.25) is 0 Å². The van der Waals surface area contributed by atoms with E-state index in [1.54, 1.807) is 23.9 Å². The minimum Gasteiger partial charge on any atom is -0.248 e. The van der Waals surface area contributed by atoms with Crippen molar-refractivity contribution in [1.29, 1.82) is 0 Å². The molecule has 4 aromatic rings. The van der Waals surface area contributed by atoms with Gasteiger partial charge in [0.05, 0.1) is 11.4 Å². The maximum atomic E-state index is 13.1. The van der Waals surface area contributed by atoms with E-state index in [0.717, 1.165) is 27.2 Å². The summed E-state index contributed by atoms with van der Waals surface area (Å²) in [5.74, 6) is -0.226. The van der Waals surface area contributed by atoms with E-state index in [0.29, 0.717) is 0 Å². The normalized spacial score (nSPS) is 12.0.